The Morgan fingerprint density at radius 2 is 2.19 bits per heavy atom. The van der Waals surface area contributed by atoms with E-state index in [1.54, 1.807) is 11.6 Å². The van der Waals surface area contributed by atoms with Crippen LogP contribution in [0.5, 0.6) is 0 Å². The van der Waals surface area contributed by atoms with Gasteiger partial charge in [0.2, 0.25) is 0 Å². The summed E-state index contributed by atoms with van der Waals surface area (Å²) in [5.74, 6) is -0.206. The fourth-order valence-corrected chi connectivity index (χ4v) is 3.74. The zero-order valence-electron chi connectivity index (χ0n) is 11.4. The van der Waals surface area contributed by atoms with E-state index in [9.17, 15) is 10.1 Å². The average molecular weight is 313 g/mol. The van der Waals surface area contributed by atoms with Crippen LogP contribution in [0.25, 0.3) is 10.2 Å². The first-order valence-electron chi connectivity index (χ1n) is 6.25. The van der Waals surface area contributed by atoms with E-state index in [2.05, 4.69) is 16.4 Å². The minimum atomic E-state index is -0.206. The van der Waals surface area contributed by atoms with Crippen LogP contribution >= 0.6 is 22.7 Å². The van der Waals surface area contributed by atoms with Crippen LogP contribution in [-0.4, -0.2) is 10.9 Å². The molecule has 0 radical (unpaired) electrons. The molecule has 0 aliphatic rings. The Kier molecular flexibility index (Phi) is 3.45. The van der Waals surface area contributed by atoms with Crippen molar-refractivity contribution in [1.82, 2.24) is 4.98 Å². The lowest BCUT2D eigenvalue weighted by atomic mass is 10.1. The maximum absolute atomic E-state index is 12.3. The molecule has 0 unspecified atom stereocenters. The van der Waals surface area contributed by atoms with Gasteiger partial charge < -0.3 is 5.32 Å². The van der Waals surface area contributed by atoms with E-state index in [4.69, 9.17) is 0 Å². The van der Waals surface area contributed by atoms with Crippen molar-refractivity contribution in [2.75, 3.05) is 5.32 Å². The highest BCUT2D eigenvalue weighted by molar-refractivity contribution is 7.17. The molecule has 0 saturated heterocycles. The molecule has 2 heterocycles. The van der Waals surface area contributed by atoms with Gasteiger partial charge in [0, 0.05) is 10.4 Å². The number of carbonyl (C=O) groups is 1. The molecule has 0 aliphatic heterocycles. The number of anilines is 1. The maximum atomic E-state index is 12.3. The van der Waals surface area contributed by atoms with Gasteiger partial charge in [-0.2, -0.15) is 5.26 Å². The topological polar surface area (TPSA) is 65.8 Å². The molecule has 0 atom stereocenters. The Hall–Kier alpha value is -2.23. The summed E-state index contributed by atoms with van der Waals surface area (Å²) < 4.78 is 0.974. The number of nitriles is 1. The van der Waals surface area contributed by atoms with Gasteiger partial charge in [0.15, 0.2) is 0 Å². The second kappa shape index (κ2) is 5.28. The van der Waals surface area contributed by atoms with Crippen LogP contribution in [0.1, 0.15) is 26.4 Å². The van der Waals surface area contributed by atoms with E-state index in [-0.39, 0.29) is 5.91 Å². The Labute approximate surface area is 129 Å². The van der Waals surface area contributed by atoms with Crippen LogP contribution in [0, 0.1) is 25.2 Å². The Balaban J connectivity index is 1.93. The molecule has 21 heavy (non-hydrogen) atoms. The normalized spacial score (nSPS) is 10.5. The molecule has 1 aromatic carbocycles. The number of thiazole rings is 1. The first-order chi connectivity index (χ1) is 10.1. The van der Waals surface area contributed by atoms with Gasteiger partial charge in [0.1, 0.15) is 11.1 Å². The van der Waals surface area contributed by atoms with Gasteiger partial charge in [0.05, 0.1) is 21.3 Å². The Bertz CT molecular complexity index is 886. The zero-order chi connectivity index (χ0) is 15.0. The van der Waals surface area contributed by atoms with E-state index in [0.29, 0.717) is 16.1 Å². The maximum Gasteiger partial charge on any atom is 0.256 e. The van der Waals surface area contributed by atoms with Crippen LogP contribution in [0.3, 0.4) is 0 Å². The highest BCUT2D eigenvalue weighted by atomic mass is 32.1. The lowest BCUT2D eigenvalue weighted by molar-refractivity contribution is 0.102. The van der Waals surface area contributed by atoms with Crippen molar-refractivity contribution in [3.63, 3.8) is 0 Å². The number of carbonyl (C=O) groups excluding carboxylic acids is 1. The SMILES string of the molecule is Cc1sc(NC(=O)c2ccc3ncsc3c2)c(C#N)c1C. The third-order valence-corrected chi connectivity index (χ3v) is 5.23. The van der Waals surface area contributed by atoms with Crippen molar-refractivity contribution in [3.05, 3.63) is 45.3 Å². The second-order valence-electron chi connectivity index (χ2n) is 4.59. The number of nitrogens with zero attached hydrogens (tertiary/aromatic N) is 2. The molecule has 0 spiro atoms. The number of hydrogen-bond donors (Lipinski definition) is 1. The lowest BCUT2D eigenvalue weighted by Crippen LogP contribution is -2.11. The lowest BCUT2D eigenvalue weighted by Gasteiger charge is -2.03. The zero-order valence-corrected chi connectivity index (χ0v) is 13.1. The molecule has 1 amide bonds. The Morgan fingerprint density at radius 1 is 1.38 bits per heavy atom. The van der Waals surface area contributed by atoms with Crippen molar-refractivity contribution in [2.45, 2.75) is 13.8 Å². The van der Waals surface area contributed by atoms with E-state index in [1.807, 2.05) is 26.0 Å². The third-order valence-electron chi connectivity index (χ3n) is 3.32. The van der Waals surface area contributed by atoms with Gasteiger partial charge in [-0.05, 0) is 37.6 Å². The smallest absolute Gasteiger partial charge is 0.256 e. The van der Waals surface area contributed by atoms with Crippen LogP contribution in [0.15, 0.2) is 23.7 Å². The molecule has 104 valence electrons. The molecule has 0 saturated carbocycles. The number of aryl methyl sites for hydroxylation is 1. The number of thiophene rings is 1. The fourth-order valence-electron chi connectivity index (χ4n) is 2.02. The number of hydrogen-bond acceptors (Lipinski definition) is 5. The van der Waals surface area contributed by atoms with E-state index < -0.39 is 0 Å². The van der Waals surface area contributed by atoms with Gasteiger partial charge in [-0.25, -0.2) is 4.98 Å². The van der Waals surface area contributed by atoms with E-state index in [0.717, 1.165) is 20.7 Å². The van der Waals surface area contributed by atoms with Gasteiger partial charge in [-0.3, -0.25) is 4.79 Å². The monoisotopic (exact) mass is 313 g/mol. The first-order valence-corrected chi connectivity index (χ1v) is 7.94. The van der Waals surface area contributed by atoms with E-state index in [1.165, 1.54) is 22.7 Å². The van der Waals surface area contributed by atoms with Crippen LogP contribution in [-0.2, 0) is 0 Å². The number of nitrogens with one attached hydrogen (secondary N) is 1. The molecule has 0 bridgehead atoms. The number of rotatable bonds is 2. The highest BCUT2D eigenvalue weighted by Crippen LogP contribution is 2.32. The summed E-state index contributed by atoms with van der Waals surface area (Å²) in [5, 5.41) is 12.7. The summed E-state index contributed by atoms with van der Waals surface area (Å²) in [6.45, 7) is 3.84. The molecule has 0 aliphatic carbocycles. The van der Waals surface area contributed by atoms with Crippen molar-refractivity contribution in [1.29, 1.82) is 5.26 Å². The summed E-state index contributed by atoms with van der Waals surface area (Å²) in [4.78, 5) is 17.6. The summed E-state index contributed by atoms with van der Waals surface area (Å²) in [5.41, 5.74) is 4.68. The predicted molar refractivity (Wildman–Crippen MR) is 86.1 cm³/mol. The quantitative estimate of drug-likeness (QED) is 0.774. The summed E-state index contributed by atoms with van der Waals surface area (Å²) in [7, 11) is 0. The first kappa shape index (κ1) is 13.7. The predicted octanol–water partition coefficient (Wildman–Crippen LogP) is 4.10. The molecule has 6 heteroatoms. The second-order valence-corrected chi connectivity index (χ2v) is 6.70. The standard InChI is InChI=1S/C15H11N3OS2/c1-8-9(2)21-15(11(8)6-16)18-14(19)10-3-4-12-13(5-10)20-7-17-12/h3-5,7H,1-2H3,(H,18,19). The average Bonchev–Trinajstić information content (AvgIpc) is 3.03. The molecular formula is C15H11N3OS2. The molecule has 0 fully saturated rings. The molecular weight excluding hydrogens is 302 g/mol. The van der Waals surface area contributed by atoms with Crippen molar-refractivity contribution >= 4 is 43.8 Å². The summed E-state index contributed by atoms with van der Waals surface area (Å²) >= 11 is 2.93. The third kappa shape index (κ3) is 2.42. The van der Waals surface area contributed by atoms with Crippen molar-refractivity contribution in [2.24, 2.45) is 0 Å². The minimum absolute atomic E-state index is 0.206. The Morgan fingerprint density at radius 3 is 2.95 bits per heavy atom. The van der Waals surface area contributed by atoms with Crippen LogP contribution < -0.4 is 5.32 Å². The summed E-state index contributed by atoms with van der Waals surface area (Å²) in [6, 6.07) is 7.55. The van der Waals surface area contributed by atoms with Crippen LogP contribution in [0.2, 0.25) is 0 Å². The van der Waals surface area contributed by atoms with Crippen molar-refractivity contribution < 1.29 is 4.79 Å². The van der Waals surface area contributed by atoms with Gasteiger partial charge >= 0.3 is 0 Å². The van der Waals surface area contributed by atoms with Crippen molar-refractivity contribution in [3.8, 4) is 6.07 Å². The number of benzene rings is 1. The summed E-state index contributed by atoms with van der Waals surface area (Å²) in [6.07, 6.45) is 0. The highest BCUT2D eigenvalue weighted by Gasteiger charge is 2.15. The molecule has 1 N–H and O–H groups in total. The van der Waals surface area contributed by atoms with Gasteiger partial charge in [0.25, 0.3) is 5.91 Å². The van der Waals surface area contributed by atoms with E-state index >= 15 is 0 Å². The molecule has 3 rings (SSSR count). The van der Waals surface area contributed by atoms with Crippen LogP contribution in [0.4, 0.5) is 5.00 Å². The minimum Gasteiger partial charge on any atom is -0.312 e. The van der Waals surface area contributed by atoms with Gasteiger partial charge in [-0.1, -0.05) is 0 Å². The number of amides is 1. The number of fused-ring (bicyclic) bond motifs is 1. The fraction of sp³-hybridized carbons (Fsp3) is 0.133. The molecule has 3 aromatic rings. The van der Waals surface area contributed by atoms with Gasteiger partial charge in [-0.15, -0.1) is 22.7 Å². The largest absolute Gasteiger partial charge is 0.312 e. The number of aromatic nitrogens is 1. The molecule has 2 aromatic heterocycles. The molecule has 4 nitrogen and oxygen atoms in total.